The molecule has 0 aliphatic carbocycles. The highest BCUT2D eigenvalue weighted by Gasteiger charge is 2.08. The number of hydrogen-bond donors (Lipinski definition) is 1. The van der Waals surface area contributed by atoms with Gasteiger partial charge in [-0.15, -0.1) is 0 Å². The van der Waals surface area contributed by atoms with Gasteiger partial charge in [-0.3, -0.25) is 4.79 Å². The highest BCUT2D eigenvalue weighted by atomic mass is 17.1. The van der Waals surface area contributed by atoms with Crippen LogP contribution in [-0.2, 0) is 19.2 Å². The Labute approximate surface area is 76.6 Å². The molecule has 13 heavy (non-hydrogen) atoms. The van der Waals surface area contributed by atoms with E-state index >= 15 is 0 Å². The van der Waals surface area contributed by atoms with E-state index in [0.717, 1.165) is 12.8 Å². The Balaban J connectivity index is 3.35. The average Bonchev–Trinajstić information content (AvgIpc) is 2.14. The number of rotatable bonds is 6. The molecule has 0 aromatic carbocycles. The van der Waals surface area contributed by atoms with Crippen LogP contribution in [0.1, 0.15) is 32.6 Å². The summed E-state index contributed by atoms with van der Waals surface area (Å²) in [5, 5.41) is 7.86. The van der Waals surface area contributed by atoms with E-state index in [-0.39, 0.29) is 12.8 Å². The molecule has 0 atom stereocenters. The number of esters is 1. The first-order chi connectivity index (χ1) is 6.20. The summed E-state index contributed by atoms with van der Waals surface area (Å²) in [6.07, 6.45) is 1.56. The Bertz CT molecular complexity index is 166. The van der Waals surface area contributed by atoms with Crippen molar-refractivity contribution in [1.82, 2.24) is 0 Å². The van der Waals surface area contributed by atoms with E-state index in [9.17, 15) is 9.59 Å². The topological polar surface area (TPSA) is 72.8 Å². The SMILES string of the molecule is CCCCOC(=O)CCC(=O)OO. The molecular formula is C8H14O5. The first-order valence-corrected chi connectivity index (χ1v) is 4.20. The Morgan fingerprint density at radius 2 is 1.85 bits per heavy atom. The summed E-state index contributed by atoms with van der Waals surface area (Å²) in [4.78, 5) is 24.6. The lowest BCUT2D eigenvalue weighted by atomic mass is 10.3. The molecule has 0 unspecified atom stereocenters. The predicted molar refractivity (Wildman–Crippen MR) is 43.8 cm³/mol. The van der Waals surface area contributed by atoms with Gasteiger partial charge in [-0.25, -0.2) is 4.79 Å². The maximum absolute atomic E-state index is 10.8. The molecule has 0 fully saturated rings. The maximum atomic E-state index is 10.8. The van der Waals surface area contributed by atoms with Gasteiger partial charge in [0.2, 0.25) is 0 Å². The standard InChI is InChI=1S/C8H14O5/c1-2-3-6-12-7(9)4-5-8(10)13-11/h11H,2-6H2,1H3. The minimum atomic E-state index is -0.826. The number of hydrogen-bond acceptors (Lipinski definition) is 5. The van der Waals surface area contributed by atoms with Crippen LogP contribution in [0.5, 0.6) is 0 Å². The molecule has 5 heteroatoms. The summed E-state index contributed by atoms with van der Waals surface area (Å²) in [6.45, 7) is 2.36. The second-order valence-corrected chi connectivity index (χ2v) is 2.54. The van der Waals surface area contributed by atoms with Gasteiger partial charge in [0.05, 0.1) is 19.4 Å². The number of carbonyl (C=O) groups is 2. The van der Waals surface area contributed by atoms with Gasteiger partial charge < -0.3 is 9.62 Å². The van der Waals surface area contributed by atoms with Crippen molar-refractivity contribution in [2.24, 2.45) is 0 Å². The first kappa shape index (κ1) is 11.9. The van der Waals surface area contributed by atoms with Crippen LogP contribution in [0.4, 0.5) is 0 Å². The number of unbranched alkanes of at least 4 members (excludes halogenated alkanes) is 1. The molecule has 0 spiro atoms. The summed E-state index contributed by atoms with van der Waals surface area (Å²) in [5.74, 6) is -1.27. The predicted octanol–water partition coefficient (Wildman–Crippen LogP) is 1.13. The van der Waals surface area contributed by atoms with Crippen LogP contribution in [0.2, 0.25) is 0 Å². The molecule has 0 aromatic rings. The molecule has 0 aromatic heterocycles. The molecule has 76 valence electrons. The molecule has 0 rings (SSSR count). The fourth-order valence-corrected chi connectivity index (χ4v) is 0.652. The van der Waals surface area contributed by atoms with E-state index < -0.39 is 11.9 Å². The van der Waals surface area contributed by atoms with Gasteiger partial charge >= 0.3 is 11.9 Å². The van der Waals surface area contributed by atoms with E-state index in [1.54, 1.807) is 0 Å². The van der Waals surface area contributed by atoms with E-state index in [0.29, 0.717) is 6.61 Å². The minimum Gasteiger partial charge on any atom is -0.466 e. The van der Waals surface area contributed by atoms with Crippen molar-refractivity contribution in [2.75, 3.05) is 6.61 Å². The van der Waals surface area contributed by atoms with Crippen molar-refractivity contribution >= 4 is 11.9 Å². The molecule has 0 radical (unpaired) electrons. The van der Waals surface area contributed by atoms with Crippen molar-refractivity contribution in [3.8, 4) is 0 Å². The van der Waals surface area contributed by atoms with Crippen LogP contribution >= 0.6 is 0 Å². The Kier molecular flexibility index (Phi) is 6.91. The van der Waals surface area contributed by atoms with E-state index in [2.05, 4.69) is 4.89 Å². The van der Waals surface area contributed by atoms with Crippen LogP contribution < -0.4 is 0 Å². The van der Waals surface area contributed by atoms with Gasteiger partial charge in [-0.2, -0.15) is 5.26 Å². The Morgan fingerprint density at radius 3 is 2.38 bits per heavy atom. The Morgan fingerprint density at radius 1 is 1.23 bits per heavy atom. The summed E-state index contributed by atoms with van der Waals surface area (Å²) >= 11 is 0. The van der Waals surface area contributed by atoms with Gasteiger partial charge in [0, 0.05) is 0 Å². The molecule has 0 heterocycles. The monoisotopic (exact) mass is 190 g/mol. The first-order valence-electron chi connectivity index (χ1n) is 4.20. The van der Waals surface area contributed by atoms with E-state index in [1.165, 1.54) is 0 Å². The van der Waals surface area contributed by atoms with Gasteiger partial charge in [-0.1, -0.05) is 13.3 Å². The molecule has 0 saturated carbocycles. The lowest BCUT2D eigenvalue weighted by molar-refractivity contribution is -0.234. The second-order valence-electron chi connectivity index (χ2n) is 2.54. The second kappa shape index (κ2) is 7.54. The van der Waals surface area contributed by atoms with Gasteiger partial charge in [0.25, 0.3) is 0 Å². The molecule has 0 bridgehead atoms. The largest absolute Gasteiger partial charge is 0.466 e. The minimum absolute atomic E-state index is 0.0525. The third-order valence-corrected chi connectivity index (χ3v) is 1.40. The smallest absolute Gasteiger partial charge is 0.342 e. The molecule has 0 saturated heterocycles. The normalized spacial score (nSPS) is 9.38. The summed E-state index contributed by atoms with van der Waals surface area (Å²) in [7, 11) is 0. The fourth-order valence-electron chi connectivity index (χ4n) is 0.652. The summed E-state index contributed by atoms with van der Waals surface area (Å²) in [6, 6.07) is 0. The number of carbonyl (C=O) groups excluding carboxylic acids is 2. The zero-order valence-electron chi connectivity index (χ0n) is 7.62. The zero-order chi connectivity index (χ0) is 10.1. The van der Waals surface area contributed by atoms with Gasteiger partial charge in [0.1, 0.15) is 0 Å². The average molecular weight is 190 g/mol. The lowest BCUT2D eigenvalue weighted by Crippen LogP contribution is -2.09. The van der Waals surface area contributed by atoms with Crippen LogP contribution in [0.15, 0.2) is 0 Å². The quantitative estimate of drug-likeness (QED) is 0.294. The number of ether oxygens (including phenoxy) is 1. The van der Waals surface area contributed by atoms with Crippen molar-refractivity contribution in [3.05, 3.63) is 0 Å². The molecule has 5 nitrogen and oxygen atoms in total. The Hall–Kier alpha value is -1.10. The molecule has 0 aliphatic rings. The van der Waals surface area contributed by atoms with Gasteiger partial charge in [0.15, 0.2) is 0 Å². The highest BCUT2D eigenvalue weighted by Crippen LogP contribution is 1.96. The van der Waals surface area contributed by atoms with Crippen molar-refractivity contribution in [3.63, 3.8) is 0 Å². The fraction of sp³-hybridized carbons (Fsp3) is 0.750. The third kappa shape index (κ3) is 7.27. The van der Waals surface area contributed by atoms with Crippen LogP contribution in [0, 0.1) is 0 Å². The molecule has 0 amide bonds. The van der Waals surface area contributed by atoms with Crippen LogP contribution in [0.3, 0.4) is 0 Å². The van der Waals surface area contributed by atoms with Crippen LogP contribution in [-0.4, -0.2) is 23.8 Å². The zero-order valence-corrected chi connectivity index (χ0v) is 7.62. The van der Waals surface area contributed by atoms with Crippen molar-refractivity contribution in [1.29, 1.82) is 0 Å². The molecule has 0 aliphatic heterocycles. The van der Waals surface area contributed by atoms with E-state index in [1.807, 2.05) is 6.92 Å². The van der Waals surface area contributed by atoms with Crippen molar-refractivity contribution < 1.29 is 24.5 Å². The van der Waals surface area contributed by atoms with Crippen LogP contribution in [0.25, 0.3) is 0 Å². The van der Waals surface area contributed by atoms with Crippen molar-refractivity contribution in [2.45, 2.75) is 32.6 Å². The molecular weight excluding hydrogens is 176 g/mol. The summed E-state index contributed by atoms with van der Waals surface area (Å²) < 4.78 is 4.75. The summed E-state index contributed by atoms with van der Waals surface area (Å²) in [5.41, 5.74) is 0. The third-order valence-electron chi connectivity index (χ3n) is 1.40. The maximum Gasteiger partial charge on any atom is 0.342 e. The lowest BCUT2D eigenvalue weighted by Gasteiger charge is -2.01. The highest BCUT2D eigenvalue weighted by molar-refractivity contribution is 5.77. The van der Waals surface area contributed by atoms with E-state index in [4.69, 9.17) is 9.99 Å². The molecule has 1 N–H and O–H groups in total. The van der Waals surface area contributed by atoms with Gasteiger partial charge in [-0.05, 0) is 6.42 Å².